The van der Waals surface area contributed by atoms with E-state index in [9.17, 15) is 4.79 Å². The van der Waals surface area contributed by atoms with Gasteiger partial charge in [-0.15, -0.1) is 0 Å². The molecule has 0 aliphatic carbocycles. The van der Waals surface area contributed by atoms with Crippen LogP contribution in [-0.2, 0) is 4.79 Å². The number of hydrogen-bond acceptors (Lipinski definition) is 4. The largest absolute Gasteiger partial charge is 0.492 e. The van der Waals surface area contributed by atoms with Crippen molar-refractivity contribution in [1.29, 1.82) is 0 Å². The Kier molecular flexibility index (Phi) is 7.65. The molecule has 6 heteroatoms. The van der Waals surface area contributed by atoms with Crippen LogP contribution >= 0.6 is 11.6 Å². The van der Waals surface area contributed by atoms with Crippen LogP contribution < -0.4 is 15.8 Å². The van der Waals surface area contributed by atoms with E-state index in [1.54, 1.807) is 0 Å². The van der Waals surface area contributed by atoms with Gasteiger partial charge in [0.1, 0.15) is 12.4 Å². The summed E-state index contributed by atoms with van der Waals surface area (Å²) in [6.45, 7) is 4.11. The molecule has 0 aromatic heterocycles. The van der Waals surface area contributed by atoms with Gasteiger partial charge in [-0.25, -0.2) is 0 Å². The van der Waals surface area contributed by atoms with Gasteiger partial charge in [0.25, 0.3) is 0 Å². The van der Waals surface area contributed by atoms with Crippen LogP contribution in [0.4, 0.5) is 0 Å². The first kappa shape index (κ1) is 18.0. The second kappa shape index (κ2) is 9.75. The summed E-state index contributed by atoms with van der Waals surface area (Å²) < 4.78 is 5.72. The normalized spacial score (nSPS) is 16.3. The maximum atomic E-state index is 11.7. The molecule has 1 aliphatic rings. The number of halogens is 1. The van der Waals surface area contributed by atoms with Crippen molar-refractivity contribution < 1.29 is 9.53 Å². The zero-order valence-corrected chi connectivity index (χ0v) is 14.2. The SMILES string of the molecule is NCCCC(=O)NC1CCN(CCOc2ccc(Cl)cc2)CC1. The fraction of sp³-hybridized carbons (Fsp3) is 0.588. The van der Waals surface area contributed by atoms with Crippen LogP contribution in [0.1, 0.15) is 25.7 Å². The Bertz CT molecular complexity index is 473. The summed E-state index contributed by atoms with van der Waals surface area (Å²) in [5, 5.41) is 3.81. The summed E-state index contributed by atoms with van der Waals surface area (Å²) in [5.74, 6) is 0.969. The number of nitrogens with zero attached hydrogens (tertiary/aromatic N) is 1. The number of nitrogens with one attached hydrogen (secondary N) is 1. The molecule has 1 fully saturated rings. The third-order valence-electron chi connectivity index (χ3n) is 4.05. The average Bonchev–Trinajstić information content (AvgIpc) is 2.56. The minimum absolute atomic E-state index is 0.125. The lowest BCUT2D eigenvalue weighted by Crippen LogP contribution is -2.45. The van der Waals surface area contributed by atoms with Crippen LogP contribution in [0.2, 0.25) is 5.02 Å². The lowest BCUT2D eigenvalue weighted by Gasteiger charge is -2.32. The molecule has 0 unspecified atom stereocenters. The van der Waals surface area contributed by atoms with Crippen molar-refractivity contribution in [3.8, 4) is 5.75 Å². The maximum Gasteiger partial charge on any atom is 0.220 e. The summed E-state index contributed by atoms with van der Waals surface area (Å²) in [6, 6.07) is 7.72. The van der Waals surface area contributed by atoms with Crippen LogP contribution in [-0.4, -0.2) is 49.6 Å². The monoisotopic (exact) mass is 339 g/mol. The van der Waals surface area contributed by atoms with Crippen molar-refractivity contribution in [3.63, 3.8) is 0 Å². The van der Waals surface area contributed by atoms with Crippen LogP contribution in [0, 0.1) is 0 Å². The Labute approximate surface area is 143 Å². The maximum absolute atomic E-state index is 11.7. The first-order valence-corrected chi connectivity index (χ1v) is 8.65. The van der Waals surface area contributed by atoms with Gasteiger partial charge in [-0.2, -0.15) is 0 Å². The van der Waals surface area contributed by atoms with Crippen LogP contribution in [0.15, 0.2) is 24.3 Å². The molecule has 1 aromatic carbocycles. The molecule has 1 amide bonds. The highest BCUT2D eigenvalue weighted by Gasteiger charge is 2.20. The third-order valence-corrected chi connectivity index (χ3v) is 4.30. The number of carbonyl (C=O) groups is 1. The molecule has 1 saturated heterocycles. The molecule has 0 spiro atoms. The van der Waals surface area contributed by atoms with E-state index in [2.05, 4.69) is 10.2 Å². The third kappa shape index (κ3) is 6.77. The Hall–Kier alpha value is -1.30. The Morgan fingerprint density at radius 3 is 2.65 bits per heavy atom. The molecule has 1 aromatic rings. The van der Waals surface area contributed by atoms with Crippen LogP contribution in [0.25, 0.3) is 0 Å². The molecule has 128 valence electrons. The van der Waals surface area contributed by atoms with Gasteiger partial charge >= 0.3 is 0 Å². The van der Waals surface area contributed by atoms with Crippen molar-refractivity contribution in [2.75, 3.05) is 32.8 Å². The molecule has 0 saturated carbocycles. The molecule has 5 nitrogen and oxygen atoms in total. The lowest BCUT2D eigenvalue weighted by atomic mass is 10.0. The number of amides is 1. The fourth-order valence-corrected chi connectivity index (χ4v) is 2.81. The van der Waals surface area contributed by atoms with Gasteiger partial charge in [-0.1, -0.05) is 11.6 Å². The molecule has 0 radical (unpaired) electrons. The summed E-state index contributed by atoms with van der Waals surface area (Å²) >= 11 is 5.85. The lowest BCUT2D eigenvalue weighted by molar-refractivity contribution is -0.122. The smallest absolute Gasteiger partial charge is 0.220 e. The number of ether oxygens (including phenoxy) is 1. The summed E-state index contributed by atoms with van der Waals surface area (Å²) in [7, 11) is 0. The number of nitrogens with two attached hydrogens (primary N) is 1. The highest BCUT2D eigenvalue weighted by Crippen LogP contribution is 2.16. The van der Waals surface area contributed by atoms with Crippen LogP contribution in [0.5, 0.6) is 5.75 Å². The van der Waals surface area contributed by atoms with Gasteiger partial charge in [0.2, 0.25) is 5.91 Å². The van der Waals surface area contributed by atoms with E-state index in [4.69, 9.17) is 22.1 Å². The molecule has 0 atom stereocenters. The molecule has 1 heterocycles. The van der Waals surface area contributed by atoms with E-state index >= 15 is 0 Å². The highest BCUT2D eigenvalue weighted by molar-refractivity contribution is 6.30. The van der Waals surface area contributed by atoms with E-state index in [-0.39, 0.29) is 5.91 Å². The molecule has 0 bridgehead atoms. The minimum Gasteiger partial charge on any atom is -0.492 e. The standard InChI is InChI=1S/C17H26ClN3O2/c18-14-3-5-16(6-4-14)23-13-12-21-10-7-15(8-11-21)20-17(22)2-1-9-19/h3-6,15H,1-2,7-13,19H2,(H,20,22). The number of benzene rings is 1. The van der Waals surface area contributed by atoms with Crippen molar-refractivity contribution in [2.45, 2.75) is 31.7 Å². The summed E-state index contributed by atoms with van der Waals surface area (Å²) in [4.78, 5) is 14.1. The Morgan fingerprint density at radius 2 is 2.00 bits per heavy atom. The van der Waals surface area contributed by atoms with Gasteiger partial charge in [-0.05, 0) is 50.1 Å². The van der Waals surface area contributed by atoms with Crippen molar-refractivity contribution in [2.24, 2.45) is 5.73 Å². The van der Waals surface area contributed by atoms with Gasteiger partial charge < -0.3 is 15.8 Å². The van der Waals surface area contributed by atoms with Crippen molar-refractivity contribution in [1.82, 2.24) is 10.2 Å². The minimum atomic E-state index is 0.125. The van der Waals surface area contributed by atoms with Gasteiger partial charge in [0, 0.05) is 37.1 Å². The molecular formula is C17H26ClN3O2. The van der Waals surface area contributed by atoms with Crippen LogP contribution in [0.3, 0.4) is 0 Å². The number of carbonyl (C=O) groups excluding carboxylic acids is 1. The molecule has 3 N–H and O–H groups in total. The average molecular weight is 340 g/mol. The van der Waals surface area contributed by atoms with E-state index in [0.717, 1.165) is 44.6 Å². The summed E-state index contributed by atoms with van der Waals surface area (Å²) in [6.07, 6.45) is 3.28. The molecule has 1 aliphatic heterocycles. The predicted molar refractivity (Wildman–Crippen MR) is 92.8 cm³/mol. The quantitative estimate of drug-likeness (QED) is 0.760. The number of hydrogen-bond donors (Lipinski definition) is 2. The molecular weight excluding hydrogens is 314 g/mol. The molecule has 23 heavy (non-hydrogen) atoms. The summed E-state index contributed by atoms with van der Waals surface area (Å²) in [5.41, 5.74) is 5.42. The van der Waals surface area contributed by atoms with Crippen molar-refractivity contribution >= 4 is 17.5 Å². The van der Waals surface area contributed by atoms with Gasteiger partial charge in [-0.3, -0.25) is 9.69 Å². The topological polar surface area (TPSA) is 67.6 Å². The Balaban J connectivity index is 1.59. The number of rotatable bonds is 8. The van der Waals surface area contributed by atoms with E-state index in [1.165, 1.54) is 0 Å². The molecule has 2 rings (SSSR count). The van der Waals surface area contributed by atoms with E-state index in [1.807, 2.05) is 24.3 Å². The number of likely N-dealkylation sites (tertiary alicyclic amines) is 1. The van der Waals surface area contributed by atoms with E-state index < -0.39 is 0 Å². The fourth-order valence-electron chi connectivity index (χ4n) is 2.69. The van der Waals surface area contributed by atoms with Gasteiger partial charge in [0.05, 0.1) is 0 Å². The Morgan fingerprint density at radius 1 is 1.30 bits per heavy atom. The van der Waals surface area contributed by atoms with Gasteiger partial charge in [0.15, 0.2) is 0 Å². The second-order valence-corrected chi connectivity index (χ2v) is 6.31. The first-order chi connectivity index (χ1) is 11.2. The second-order valence-electron chi connectivity index (χ2n) is 5.88. The zero-order valence-electron chi connectivity index (χ0n) is 13.5. The van der Waals surface area contributed by atoms with Crippen molar-refractivity contribution in [3.05, 3.63) is 29.3 Å². The van der Waals surface area contributed by atoms with E-state index in [0.29, 0.717) is 30.6 Å². The highest BCUT2D eigenvalue weighted by atomic mass is 35.5. The predicted octanol–water partition coefficient (Wildman–Crippen LogP) is 2.04. The number of piperidine rings is 1. The first-order valence-electron chi connectivity index (χ1n) is 8.27. The zero-order chi connectivity index (χ0) is 16.5.